The van der Waals surface area contributed by atoms with Gasteiger partial charge in [0.05, 0.1) is 18.8 Å². The molecule has 0 unspecified atom stereocenters. The summed E-state index contributed by atoms with van der Waals surface area (Å²) in [7, 11) is -0.286. The highest BCUT2D eigenvalue weighted by Crippen LogP contribution is 2.20. The average molecular weight is 250 g/mol. The number of rotatable bonds is 5. The van der Waals surface area contributed by atoms with Crippen LogP contribution in [0.5, 0.6) is 5.75 Å². The molecule has 0 radical (unpaired) electrons. The van der Waals surface area contributed by atoms with Crippen molar-refractivity contribution in [3.63, 3.8) is 0 Å². The lowest BCUT2D eigenvalue weighted by Crippen LogP contribution is -2.34. The Bertz CT molecular complexity index is 377. The van der Waals surface area contributed by atoms with E-state index in [4.69, 9.17) is 19.2 Å². The summed E-state index contributed by atoms with van der Waals surface area (Å²) in [6.45, 7) is 5.31. The number of aliphatic hydroxyl groups is 1. The van der Waals surface area contributed by atoms with Crippen molar-refractivity contribution in [2.24, 2.45) is 0 Å². The van der Waals surface area contributed by atoms with Crippen LogP contribution in [0.3, 0.4) is 0 Å². The van der Waals surface area contributed by atoms with E-state index in [0.717, 1.165) is 11.2 Å². The lowest BCUT2D eigenvalue weighted by Gasteiger charge is -2.15. The summed E-state index contributed by atoms with van der Waals surface area (Å²) in [5, 5.41) is 8.67. The van der Waals surface area contributed by atoms with Gasteiger partial charge in [-0.15, -0.1) is 0 Å². The van der Waals surface area contributed by atoms with E-state index < -0.39 is 0 Å². The quantitative estimate of drug-likeness (QED) is 0.624. The van der Waals surface area contributed by atoms with Crippen LogP contribution in [-0.4, -0.2) is 37.6 Å². The van der Waals surface area contributed by atoms with E-state index >= 15 is 0 Å². The molecule has 0 spiro atoms. The van der Waals surface area contributed by atoms with Crippen LogP contribution in [0.4, 0.5) is 0 Å². The van der Waals surface area contributed by atoms with Crippen LogP contribution in [0.25, 0.3) is 0 Å². The normalized spacial score (nSPS) is 18.1. The zero-order valence-corrected chi connectivity index (χ0v) is 10.9. The van der Waals surface area contributed by atoms with E-state index in [1.165, 1.54) is 0 Å². The molecule has 1 fully saturated rings. The second-order valence-corrected chi connectivity index (χ2v) is 5.02. The summed E-state index contributed by atoms with van der Waals surface area (Å²) in [5.74, 6) is 0.796. The van der Waals surface area contributed by atoms with Gasteiger partial charge in [0, 0.05) is 13.0 Å². The summed E-state index contributed by atoms with van der Waals surface area (Å²) in [4.78, 5) is 0. The van der Waals surface area contributed by atoms with E-state index in [-0.39, 0.29) is 19.3 Å². The van der Waals surface area contributed by atoms with E-state index in [9.17, 15) is 0 Å². The second kappa shape index (κ2) is 5.74. The highest BCUT2D eigenvalue weighted by atomic mass is 16.7. The zero-order chi connectivity index (χ0) is 13.0. The Morgan fingerprint density at radius 1 is 1.33 bits per heavy atom. The minimum atomic E-state index is -0.286. The Kier molecular flexibility index (Phi) is 4.27. The Balaban J connectivity index is 1.92. The van der Waals surface area contributed by atoms with Crippen LogP contribution in [0.15, 0.2) is 24.3 Å². The van der Waals surface area contributed by atoms with Crippen molar-refractivity contribution in [3.8, 4) is 5.75 Å². The van der Waals surface area contributed by atoms with Crippen molar-refractivity contribution >= 4 is 12.6 Å². The monoisotopic (exact) mass is 250 g/mol. The molecule has 5 heteroatoms. The average Bonchev–Trinajstić information content (AvgIpc) is 2.71. The molecule has 0 bridgehead atoms. The van der Waals surface area contributed by atoms with E-state index in [1.54, 1.807) is 0 Å². The van der Waals surface area contributed by atoms with Gasteiger partial charge in [0.1, 0.15) is 5.75 Å². The smallest absolute Gasteiger partial charge is 0.494 e. The molecule has 0 saturated carbocycles. The Labute approximate surface area is 108 Å². The van der Waals surface area contributed by atoms with Crippen molar-refractivity contribution in [3.05, 3.63) is 24.3 Å². The number of ether oxygens (including phenoxy) is 1. The Morgan fingerprint density at radius 3 is 2.61 bits per heavy atom. The van der Waals surface area contributed by atoms with Gasteiger partial charge in [-0.1, -0.05) is 12.1 Å². The van der Waals surface area contributed by atoms with Gasteiger partial charge < -0.3 is 19.2 Å². The van der Waals surface area contributed by atoms with Crippen LogP contribution in [0.1, 0.15) is 20.3 Å². The van der Waals surface area contributed by atoms with Crippen LogP contribution < -0.4 is 10.2 Å². The molecule has 2 rings (SSSR count). The third kappa shape index (κ3) is 3.48. The van der Waals surface area contributed by atoms with Gasteiger partial charge in [0.2, 0.25) is 0 Å². The van der Waals surface area contributed by atoms with Crippen molar-refractivity contribution in [2.75, 3.05) is 19.8 Å². The van der Waals surface area contributed by atoms with Crippen molar-refractivity contribution in [2.45, 2.75) is 25.9 Å². The minimum Gasteiger partial charge on any atom is -0.494 e. The topological polar surface area (TPSA) is 47.9 Å². The maximum atomic E-state index is 8.67. The SMILES string of the molecule is CC1(C)COB(c2ccc(OCCCO)cc2)O1. The second-order valence-electron chi connectivity index (χ2n) is 5.02. The molecule has 0 aromatic heterocycles. The number of aliphatic hydroxyl groups excluding tert-OH is 1. The van der Waals surface area contributed by atoms with Crippen molar-refractivity contribution in [1.29, 1.82) is 0 Å². The Hall–Kier alpha value is -1.04. The molecule has 1 aromatic carbocycles. The van der Waals surface area contributed by atoms with Gasteiger partial charge in [-0.2, -0.15) is 0 Å². The molecular formula is C13H19BO4. The van der Waals surface area contributed by atoms with Crippen molar-refractivity contribution < 1.29 is 19.2 Å². The van der Waals surface area contributed by atoms with E-state index in [1.807, 2.05) is 38.1 Å². The first-order valence-corrected chi connectivity index (χ1v) is 6.24. The molecule has 18 heavy (non-hydrogen) atoms. The van der Waals surface area contributed by atoms with Crippen LogP contribution >= 0.6 is 0 Å². The molecule has 98 valence electrons. The highest BCUT2D eigenvalue weighted by molar-refractivity contribution is 6.61. The minimum absolute atomic E-state index is 0.150. The molecule has 1 heterocycles. The van der Waals surface area contributed by atoms with Gasteiger partial charge in [-0.25, -0.2) is 0 Å². The molecule has 1 aliphatic rings. The standard InChI is InChI=1S/C13H19BO4/c1-13(2)10-17-14(18-13)11-4-6-12(7-5-11)16-9-3-8-15/h4-7,15H,3,8-10H2,1-2H3. The largest absolute Gasteiger partial charge is 0.494 e. The predicted octanol–water partition coefficient (Wildman–Crippen LogP) is 0.968. The molecule has 0 amide bonds. The highest BCUT2D eigenvalue weighted by Gasteiger charge is 2.37. The molecule has 4 nitrogen and oxygen atoms in total. The van der Waals surface area contributed by atoms with Gasteiger partial charge in [0.25, 0.3) is 0 Å². The third-order valence-electron chi connectivity index (χ3n) is 2.73. The van der Waals surface area contributed by atoms with E-state index in [2.05, 4.69) is 0 Å². The first-order chi connectivity index (χ1) is 8.61. The molecule has 1 saturated heterocycles. The van der Waals surface area contributed by atoms with Gasteiger partial charge >= 0.3 is 7.12 Å². The summed E-state index contributed by atoms with van der Waals surface area (Å²) in [5.41, 5.74) is 0.774. The van der Waals surface area contributed by atoms with Crippen LogP contribution in [0, 0.1) is 0 Å². The lowest BCUT2D eigenvalue weighted by atomic mass is 9.79. The summed E-state index contributed by atoms with van der Waals surface area (Å²) in [6, 6.07) is 7.68. The first kappa shape index (κ1) is 13.4. The lowest BCUT2D eigenvalue weighted by molar-refractivity contribution is 0.137. The van der Waals surface area contributed by atoms with Gasteiger partial charge in [-0.05, 0) is 31.4 Å². The number of benzene rings is 1. The van der Waals surface area contributed by atoms with Crippen LogP contribution in [-0.2, 0) is 9.31 Å². The third-order valence-corrected chi connectivity index (χ3v) is 2.73. The summed E-state index contributed by atoms with van der Waals surface area (Å²) in [6.07, 6.45) is 0.644. The predicted molar refractivity (Wildman–Crippen MR) is 70.1 cm³/mol. The van der Waals surface area contributed by atoms with Gasteiger partial charge in [0.15, 0.2) is 0 Å². The molecule has 1 N–H and O–H groups in total. The molecule has 0 aliphatic carbocycles. The summed E-state index contributed by atoms with van der Waals surface area (Å²) >= 11 is 0. The molecular weight excluding hydrogens is 231 g/mol. The summed E-state index contributed by atoms with van der Waals surface area (Å²) < 4.78 is 16.8. The maximum absolute atomic E-state index is 8.67. The fourth-order valence-corrected chi connectivity index (χ4v) is 1.77. The fraction of sp³-hybridized carbons (Fsp3) is 0.538. The van der Waals surface area contributed by atoms with Gasteiger partial charge in [-0.3, -0.25) is 0 Å². The zero-order valence-electron chi connectivity index (χ0n) is 10.9. The fourth-order valence-electron chi connectivity index (χ4n) is 1.77. The molecule has 0 atom stereocenters. The molecule has 1 aromatic rings. The first-order valence-electron chi connectivity index (χ1n) is 6.24. The van der Waals surface area contributed by atoms with Crippen molar-refractivity contribution in [1.82, 2.24) is 0 Å². The molecule has 1 aliphatic heterocycles. The number of hydrogen-bond donors (Lipinski definition) is 1. The Morgan fingerprint density at radius 2 is 2.06 bits per heavy atom. The van der Waals surface area contributed by atoms with Crippen LogP contribution in [0.2, 0.25) is 0 Å². The van der Waals surface area contributed by atoms with E-state index in [0.29, 0.717) is 19.6 Å². The number of hydrogen-bond acceptors (Lipinski definition) is 4. The maximum Gasteiger partial charge on any atom is 0.494 e.